The summed E-state index contributed by atoms with van der Waals surface area (Å²) in [6.45, 7) is 12.0. The second-order valence-corrected chi connectivity index (χ2v) is 6.04. The Morgan fingerprint density at radius 2 is 2.19 bits per heavy atom. The molecule has 2 heterocycles. The van der Waals surface area contributed by atoms with Gasteiger partial charge in [-0.05, 0) is 13.8 Å². The van der Waals surface area contributed by atoms with Crippen LogP contribution in [0.4, 0.5) is 0 Å². The predicted octanol–water partition coefficient (Wildman–Crippen LogP) is 2.01. The van der Waals surface area contributed by atoms with E-state index in [9.17, 15) is 0 Å². The summed E-state index contributed by atoms with van der Waals surface area (Å²) in [6, 6.07) is 0. The van der Waals surface area contributed by atoms with E-state index < -0.39 is 0 Å². The normalized spacial score (nSPS) is 34.4. The lowest BCUT2D eigenvalue weighted by molar-refractivity contribution is -0.193. The molecule has 4 heteroatoms. The van der Waals surface area contributed by atoms with Crippen molar-refractivity contribution in [1.82, 2.24) is 4.90 Å². The molecule has 0 aromatic carbocycles. The van der Waals surface area contributed by atoms with E-state index in [1.807, 2.05) is 0 Å². The van der Waals surface area contributed by atoms with Gasteiger partial charge in [0.1, 0.15) is 5.60 Å². The van der Waals surface area contributed by atoms with Crippen LogP contribution in [0.25, 0.3) is 0 Å². The molecule has 92 valence electrons. The highest BCUT2D eigenvalue weighted by Crippen LogP contribution is 2.34. The molecule has 3 nitrogen and oxygen atoms in total. The Morgan fingerprint density at radius 3 is 2.75 bits per heavy atom. The van der Waals surface area contributed by atoms with Crippen molar-refractivity contribution in [2.75, 3.05) is 32.8 Å². The van der Waals surface area contributed by atoms with E-state index in [0.29, 0.717) is 11.6 Å². The largest absolute Gasteiger partial charge is 0.378 e. The zero-order valence-electron chi connectivity index (χ0n) is 10.1. The minimum Gasteiger partial charge on any atom is -0.378 e. The van der Waals surface area contributed by atoms with Gasteiger partial charge in [-0.3, -0.25) is 4.90 Å². The second-order valence-electron chi connectivity index (χ2n) is 5.51. The first-order valence-electron chi connectivity index (χ1n) is 5.74. The van der Waals surface area contributed by atoms with Gasteiger partial charge in [0.2, 0.25) is 0 Å². The van der Waals surface area contributed by atoms with Crippen LogP contribution >= 0.6 is 11.6 Å². The van der Waals surface area contributed by atoms with Crippen LogP contribution in [0, 0.1) is 0 Å². The van der Waals surface area contributed by atoms with E-state index in [1.54, 1.807) is 0 Å². The summed E-state index contributed by atoms with van der Waals surface area (Å²) in [5, 5.41) is 0.687. The average molecular weight is 246 g/mol. The Balaban J connectivity index is 2.09. The van der Waals surface area contributed by atoms with E-state index in [1.165, 1.54) is 0 Å². The first-order chi connectivity index (χ1) is 7.41. The van der Waals surface area contributed by atoms with Gasteiger partial charge in [0.25, 0.3) is 0 Å². The topological polar surface area (TPSA) is 21.7 Å². The maximum atomic E-state index is 6.19. The Labute approximate surface area is 102 Å². The highest BCUT2D eigenvalue weighted by molar-refractivity contribution is 6.29. The minimum absolute atomic E-state index is 0.131. The van der Waals surface area contributed by atoms with Crippen molar-refractivity contribution < 1.29 is 9.47 Å². The third kappa shape index (κ3) is 2.77. The summed E-state index contributed by atoms with van der Waals surface area (Å²) in [7, 11) is 0. The van der Waals surface area contributed by atoms with Gasteiger partial charge >= 0.3 is 0 Å². The molecule has 0 bridgehead atoms. The van der Waals surface area contributed by atoms with Gasteiger partial charge in [0.05, 0.1) is 12.2 Å². The highest BCUT2D eigenvalue weighted by atomic mass is 35.5. The van der Waals surface area contributed by atoms with Crippen molar-refractivity contribution in [3.63, 3.8) is 0 Å². The smallest absolute Gasteiger partial charge is 0.107 e. The fourth-order valence-corrected chi connectivity index (χ4v) is 2.97. The molecule has 2 saturated heterocycles. The molecule has 0 saturated carbocycles. The van der Waals surface area contributed by atoms with Crippen molar-refractivity contribution in [2.45, 2.75) is 31.5 Å². The number of ether oxygens (including phenoxy) is 2. The van der Waals surface area contributed by atoms with Crippen molar-refractivity contribution >= 4 is 11.6 Å². The van der Waals surface area contributed by atoms with Gasteiger partial charge in [-0.1, -0.05) is 18.2 Å². The van der Waals surface area contributed by atoms with Crippen molar-refractivity contribution in [3.05, 3.63) is 11.6 Å². The molecule has 2 fully saturated rings. The van der Waals surface area contributed by atoms with E-state index in [4.69, 9.17) is 21.1 Å². The Bertz CT molecular complexity index is 285. The molecule has 2 aliphatic rings. The van der Waals surface area contributed by atoms with Crippen LogP contribution in [0.3, 0.4) is 0 Å². The van der Waals surface area contributed by atoms with Gasteiger partial charge < -0.3 is 9.47 Å². The fraction of sp³-hybridized carbons (Fsp3) is 0.833. The van der Waals surface area contributed by atoms with Crippen molar-refractivity contribution in [3.8, 4) is 0 Å². The molecule has 0 aromatic heterocycles. The minimum atomic E-state index is -0.141. The molecule has 0 aromatic rings. The van der Waals surface area contributed by atoms with Crippen LogP contribution in [-0.4, -0.2) is 49.0 Å². The molecule has 0 radical (unpaired) electrons. The maximum absolute atomic E-state index is 6.19. The van der Waals surface area contributed by atoms with Crippen LogP contribution in [0.15, 0.2) is 11.6 Å². The summed E-state index contributed by atoms with van der Waals surface area (Å²) >= 11 is 5.89. The summed E-state index contributed by atoms with van der Waals surface area (Å²) in [5.74, 6) is 0. The third-order valence-electron chi connectivity index (χ3n) is 3.07. The number of hydrogen-bond acceptors (Lipinski definition) is 3. The summed E-state index contributed by atoms with van der Waals surface area (Å²) in [5.41, 5.74) is -0.271. The predicted molar refractivity (Wildman–Crippen MR) is 64.8 cm³/mol. The van der Waals surface area contributed by atoms with Crippen LogP contribution in [0.1, 0.15) is 20.3 Å². The highest BCUT2D eigenvalue weighted by Gasteiger charge is 2.46. The molecule has 1 unspecified atom stereocenters. The average Bonchev–Trinajstić information content (AvgIpc) is 2.47. The molecule has 1 atom stereocenters. The third-order valence-corrected chi connectivity index (χ3v) is 3.19. The Morgan fingerprint density at radius 1 is 1.44 bits per heavy atom. The first kappa shape index (κ1) is 12.4. The number of hydrogen-bond donors (Lipinski definition) is 0. The zero-order valence-corrected chi connectivity index (χ0v) is 10.8. The molecule has 0 amide bonds. The molecule has 0 N–H and O–H groups in total. The van der Waals surface area contributed by atoms with E-state index in [2.05, 4.69) is 25.3 Å². The molecule has 2 rings (SSSR count). The standard InChI is InChI=1S/C12H20ClNO2/c1-10(13)6-14-7-11(2,3)16-12(8-14)4-5-15-9-12/h1,4-9H2,2-3H3. The van der Waals surface area contributed by atoms with Gasteiger partial charge in [0.15, 0.2) is 0 Å². The molecule has 0 aliphatic carbocycles. The lowest BCUT2D eigenvalue weighted by atomic mass is 9.95. The Kier molecular flexibility index (Phi) is 3.32. The summed E-state index contributed by atoms with van der Waals surface area (Å²) < 4.78 is 11.7. The van der Waals surface area contributed by atoms with Gasteiger partial charge in [-0.15, -0.1) is 0 Å². The monoisotopic (exact) mass is 245 g/mol. The zero-order chi connectivity index (χ0) is 11.8. The lowest BCUT2D eigenvalue weighted by Gasteiger charge is -2.48. The van der Waals surface area contributed by atoms with Crippen LogP contribution in [-0.2, 0) is 9.47 Å². The quantitative estimate of drug-likeness (QED) is 0.743. The summed E-state index contributed by atoms with van der Waals surface area (Å²) in [4.78, 5) is 2.31. The van der Waals surface area contributed by atoms with Gasteiger partial charge in [-0.2, -0.15) is 0 Å². The van der Waals surface area contributed by atoms with E-state index in [-0.39, 0.29) is 11.2 Å². The van der Waals surface area contributed by atoms with Crippen LogP contribution < -0.4 is 0 Å². The maximum Gasteiger partial charge on any atom is 0.107 e. The summed E-state index contributed by atoms with van der Waals surface area (Å²) in [6.07, 6.45) is 0.974. The Hall–Kier alpha value is -0.0900. The molecule has 2 aliphatic heterocycles. The SMILES string of the molecule is C=C(Cl)CN1CC(C)(C)OC2(CCOC2)C1. The number of rotatable bonds is 2. The van der Waals surface area contributed by atoms with Crippen LogP contribution in [0.2, 0.25) is 0 Å². The van der Waals surface area contributed by atoms with Gasteiger partial charge in [0, 0.05) is 37.7 Å². The molecular formula is C12H20ClNO2. The number of morpholine rings is 1. The number of halogens is 1. The molecule has 1 spiro atoms. The van der Waals surface area contributed by atoms with Crippen molar-refractivity contribution in [2.24, 2.45) is 0 Å². The van der Waals surface area contributed by atoms with Crippen LogP contribution in [0.5, 0.6) is 0 Å². The molecule has 16 heavy (non-hydrogen) atoms. The van der Waals surface area contributed by atoms with E-state index in [0.717, 1.165) is 32.7 Å². The van der Waals surface area contributed by atoms with Gasteiger partial charge in [-0.25, -0.2) is 0 Å². The lowest BCUT2D eigenvalue weighted by Crippen LogP contribution is -2.60. The first-order valence-corrected chi connectivity index (χ1v) is 6.12. The fourth-order valence-electron chi connectivity index (χ4n) is 2.80. The molecular weight excluding hydrogens is 226 g/mol. The van der Waals surface area contributed by atoms with E-state index >= 15 is 0 Å². The van der Waals surface area contributed by atoms with Crippen molar-refractivity contribution in [1.29, 1.82) is 0 Å². The number of nitrogens with zero attached hydrogens (tertiary/aromatic N) is 1. The second kappa shape index (κ2) is 4.30.